The van der Waals surface area contributed by atoms with Gasteiger partial charge in [-0.05, 0) is 45.1 Å². The van der Waals surface area contributed by atoms with Crippen LogP contribution in [0.5, 0.6) is 0 Å². The van der Waals surface area contributed by atoms with Crippen molar-refractivity contribution >= 4 is 9.84 Å². The molecule has 0 aromatic rings. The fraction of sp³-hybridized carbons (Fsp3) is 1.00. The van der Waals surface area contributed by atoms with Crippen LogP contribution in [0.2, 0.25) is 0 Å². The molecule has 5 heteroatoms. The maximum Gasteiger partial charge on any atom is 0.151 e. The molecule has 2 rings (SSSR count). The smallest absolute Gasteiger partial charge is 0.151 e. The summed E-state index contributed by atoms with van der Waals surface area (Å²) in [7, 11) is -0.720. The molecule has 20 heavy (non-hydrogen) atoms. The number of likely N-dealkylation sites (N-methyl/N-ethyl adjacent to an activating group) is 1. The Balaban J connectivity index is 2.01. The minimum Gasteiger partial charge on any atom is -0.329 e. The first-order valence-corrected chi connectivity index (χ1v) is 9.88. The zero-order chi connectivity index (χ0) is 14.8. The summed E-state index contributed by atoms with van der Waals surface area (Å²) in [6.07, 6.45) is 8.10. The van der Waals surface area contributed by atoms with Crippen LogP contribution in [-0.4, -0.2) is 50.0 Å². The molecule has 0 aromatic carbocycles. The van der Waals surface area contributed by atoms with E-state index in [-0.39, 0.29) is 11.6 Å². The molecule has 0 spiro atoms. The molecule has 1 aliphatic carbocycles. The normalized spacial score (nSPS) is 37.4. The lowest BCUT2D eigenvalue weighted by molar-refractivity contribution is 0.0364. The lowest BCUT2D eigenvalue weighted by atomic mass is 9.74. The van der Waals surface area contributed by atoms with Gasteiger partial charge in [-0.3, -0.25) is 4.90 Å². The van der Waals surface area contributed by atoms with Gasteiger partial charge in [0.2, 0.25) is 0 Å². The van der Waals surface area contributed by atoms with Crippen LogP contribution in [0.3, 0.4) is 0 Å². The predicted octanol–water partition coefficient (Wildman–Crippen LogP) is 1.79. The molecular weight excluding hydrogens is 272 g/mol. The first-order valence-electron chi connectivity index (χ1n) is 8.06. The fourth-order valence-electron chi connectivity index (χ4n) is 4.08. The van der Waals surface area contributed by atoms with E-state index in [1.165, 1.54) is 25.7 Å². The number of hydrogen-bond donors (Lipinski definition) is 1. The summed E-state index contributed by atoms with van der Waals surface area (Å²) in [6.45, 7) is 2.90. The third-order valence-corrected chi connectivity index (χ3v) is 7.37. The molecule has 1 atom stereocenters. The third kappa shape index (κ3) is 3.37. The van der Waals surface area contributed by atoms with Gasteiger partial charge in [0, 0.05) is 18.1 Å². The van der Waals surface area contributed by atoms with Crippen molar-refractivity contribution in [3.05, 3.63) is 0 Å². The van der Waals surface area contributed by atoms with E-state index in [0.717, 1.165) is 25.2 Å². The summed E-state index contributed by atoms with van der Waals surface area (Å²) in [5.74, 6) is 1.52. The van der Waals surface area contributed by atoms with Crippen LogP contribution in [-0.2, 0) is 9.84 Å². The van der Waals surface area contributed by atoms with Gasteiger partial charge in [-0.25, -0.2) is 8.42 Å². The first-order chi connectivity index (χ1) is 9.42. The Kier molecular flexibility index (Phi) is 5.14. The minimum atomic E-state index is -2.82. The highest BCUT2D eigenvalue weighted by Gasteiger charge is 2.43. The topological polar surface area (TPSA) is 63.4 Å². The van der Waals surface area contributed by atoms with Crippen LogP contribution in [0.1, 0.15) is 51.9 Å². The largest absolute Gasteiger partial charge is 0.329 e. The fourth-order valence-corrected chi connectivity index (χ4v) is 5.86. The van der Waals surface area contributed by atoms with E-state index in [4.69, 9.17) is 5.73 Å². The van der Waals surface area contributed by atoms with Crippen molar-refractivity contribution in [2.45, 2.75) is 63.5 Å². The second kappa shape index (κ2) is 6.32. The summed E-state index contributed by atoms with van der Waals surface area (Å²) in [4.78, 5) is 2.32. The van der Waals surface area contributed by atoms with Crippen LogP contribution < -0.4 is 5.73 Å². The lowest BCUT2D eigenvalue weighted by Crippen LogP contribution is -2.57. The molecule has 0 aromatic heterocycles. The molecule has 0 amide bonds. The van der Waals surface area contributed by atoms with E-state index in [1.807, 2.05) is 0 Å². The Morgan fingerprint density at radius 3 is 2.35 bits per heavy atom. The van der Waals surface area contributed by atoms with E-state index in [1.54, 1.807) is 0 Å². The van der Waals surface area contributed by atoms with Gasteiger partial charge >= 0.3 is 0 Å². The predicted molar refractivity (Wildman–Crippen MR) is 83.5 cm³/mol. The Morgan fingerprint density at radius 1 is 1.25 bits per heavy atom. The van der Waals surface area contributed by atoms with Gasteiger partial charge in [0.05, 0.1) is 11.5 Å². The van der Waals surface area contributed by atoms with Gasteiger partial charge in [0.25, 0.3) is 0 Å². The summed E-state index contributed by atoms with van der Waals surface area (Å²) in [5.41, 5.74) is 6.14. The molecule has 0 bridgehead atoms. The number of sulfone groups is 1. The SMILES string of the molecule is CCCC1CCC(CN)(N(C)C2CCS(=O)(=O)C2)CC1. The van der Waals surface area contributed by atoms with Crippen molar-refractivity contribution < 1.29 is 8.42 Å². The molecule has 2 aliphatic rings. The molecule has 1 saturated heterocycles. The van der Waals surface area contributed by atoms with Gasteiger partial charge in [0.1, 0.15) is 0 Å². The molecule has 1 heterocycles. The lowest BCUT2D eigenvalue weighted by Gasteiger charge is -2.48. The maximum atomic E-state index is 11.7. The molecular formula is C15H30N2O2S. The second-order valence-electron chi connectivity index (χ2n) is 6.83. The van der Waals surface area contributed by atoms with Gasteiger partial charge in [-0.2, -0.15) is 0 Å². The highest BCUT2D eigenvalue weighted by atomic mass is 32.2. The monoisotopic (exact) mass is 302 g/mol. The Hall–Kier alpha value is -0.130. The Morgan fingerprint density at radius 2 is 1.90 bits per heavy atom. The quantitative estimate of drug-likeness (QED) is 0.841. The van der Waals surface area contributed by atoms with Crippen molar-refractivity contribution in [3.8, 4) is 0 Å². The van der Waals surface area contributed by atoms with E-state index >= 15 is 0 Å². The molecule has 1 unspecified atom stereocenters. The van der Waals surface area contributed by atoms with Crippen LogP contribution >= 0.6 is 0 Å². The standard InChI is InChI=1S/C15H30N2O2S/c1-3-4-13-5-8-15(12-16,9-6-13)17(2)14-7-10-20(18,19)11-14/h13-14H,3-12,16H2,1-2H3. The average molecular weight is 302 g/mol. The molecule has 1 aliphatic heterocycles. The molecule has 118 valence electrons. The van der Waals surface area contributed by atoms with Gasteiger partial charge in [-0.15, -0.1) is 0 Å². The Bertz CT molecular complexity index is 414. The third-order valence-electron chi connectivity index (χ3n) is 5.62. The molecule has 2 fully saturated rings. The zero-order valence-corrected chi connectivity index (χ0v) is 13.8. The average Bonchev–Trinajstić information content (AvgIpc) is 2.80. The number of nitrogens with zero attached hydrogens (tertiary/aromatic N) is 1. The summed E-state index contributed by atoms with van der Waals surface area (Å²) in [6, 6.07) is 0.172. The van der Waals surface area contributed by atoms with Crippen LogP contribution in [0, 0.1) is 5.92 Å². The summed E-state index contributed by atoms with van der Waals surface area (Å²) in [5, 5.41) is 0. The van der Waals surface area contributed by atoms with Crippen molar-refractivity contribution in [2.24, 2.45) is 11.7 Å². The van der Waals surface area contributed by atoms with Crippen LogP contribution in [0.4, 0.5) is 0 Å². The van der Waals surface area contributed by atoms with Crippen molar-refractivity contribution in [1.82, 2.24) is 4.90 Å². The van der Waals surface area contributed by atoms with Gasteiger partial charge < -0.3 is 5.73 Å². The molecule has 2 N–H and O–H groups in total. The zero-order valence-electron chi connectivity index (χ0n) is 13.0. The van der Waals surface area contributed by atoms with Gasteiger partial charge in [0.15, 0.2) is 9.84 Å². The summed E-state index contributed by atoms with van der Waals surface area (Å²) >= 11 is 0. The number of nitrogens with two attached hydrogens (primary N) is 1. The van der Waals surface area contributed by atoms with Crippen molar-refractivity contribution in [3.63, 3.8) is 0 Å². The number of rotatable bonds is 5. The molecule has 4 nitrogen and oxygen atoms in total. The maximum absolute atomic E-state index is 11.7. The second-order valence-corrected chi connectivity index (χ2v) is 9.06. The molecule has 1 saturated carbocycles. The van der Waals surface area contributed by atoms with E-state index < -0.39 is 9.84 Å². The van der Waals surface area contributed by atoms with Crippen molar-refractivity contribution in [2.75, 3.05) is 25.1 Å². The van der Waals surface area contributed by atoms with Gasteiger partial charge in [-0.1, -0.05) is 19.8 Å². The minimum absolute atomic E-state index is 0.0365. The highest BCUT2D eigenvalue weighted by molar-refractivity contribution is 7.91. The Labute approximate surface area is 124 Å². The molecule has 0 radical (unpaired) electrons. The van der Waals surface area contributed by atoms with E-state index in [2.05, 4.69) is 18.9 Å². The highest BCUT2D eigenvalue weighted by Crippen LogP contribution is 2.39. The van der Waals surface area contributed by atoms with Crippen LogP contribution in [0.25, 0.3) is 0 Å². The van der Waals surface area contributed by atoms with E-state index in [0.29, 0.717) is 18.1 Å². The first kappa shape index (κ1) is 16.2. The van der Waals surface area contributed by atoms with Crippen molar-refractivity contribution in [1.29, 1.82) is 0 Å². The summed E-state index contributed by atoms with van der Waals surface area (Å²) < 4.78 is 23.4. The number of hydrogen-bond acceptors (Lipinski definition) is 4. The van der Waals surface area contributed by atoms with Crippen LogP contribution in [0.15, 0.2) is 0 Å². The van der Waals surface area contributed by atoms with E-state index in [9.17, 15) is 8.42 Å².